The first-order chi connectivity index (χ1) is 12.1. The number of carbonyl (C=O) groups excluding carboxylic acids is 1. The van der Waals surface area contributed by atoms with Crippen LogP contribution in [-0.2, 0) is 18.6 Å². The Bertz CT molecular complexity index is 953. The van der Waals surface area contributed by atoms with Crippen molar-refractivity contribution >= 4 is 23.5 Å². The molecule has 0 aromatic carbocycles. The maximum Gasteiger partial charge on any atom is 0.260 e. The summed E-state index contributed by atoms with van der Waals surface area (Å²) < 4.78 is 1.72. The summed E-state index contributed by atoms with van der Waals surface area (Å²) in [5.74, 6) is 2.84. The summed E-state index contributed by atoms with van der Waals surface area (Å²) in [5, 5.41) is 7.42. The van der Waals surface area contributed by atoms with Gasteiger partial charge in [-0.2, -0.15) is 16.9 Å². The summed E-state index contributed by atoms with van der Waals surface area (Å²) in [4.78, 5) is 25.5. The molecule has 0 atom stereocenters. The largest absolute Gasteiger partial charge is 0.306 e. The minimum absolute atomic E-state index is 0.224. The van der Waals surface area contributed by atoms with Crippen LogP contribution in [0.2, 0.25) is 0 Å². The number of hydrogen-bond acceptors (Lipinski definition) is 6. The van der Waals surface area contributed by atoms with Crippen molar-refractivity contribution in [1.82, 2.24) is 24.7 Å². The molecule has 0 radical (unpaired) electrons. The minimum Gasteiger partial charge on any atom is -0.306 e. The molecule has 3 aromatic rings. The molecule has 0 fully saturated rings. The van der Waals surface area contributed by atoms with Crippen molar-refractivity contribution in [3.05, 3.63) is 53.2 Å². The quantitative estimate of drug-likeness (QED) is 0.780. The molecule has 8 heteroatoms. The highest BCUT2D eigenvalue weighted by Gasteiger charge is 2.23. The number of amides is 1. The summed E-state index contributed by atoms with van der Waals surface area (Å²) in [6.07, 6.45) is 4.96. The Labute approximate surface area is 148 Å². The number of fused-ring (bicyclic) bond motifs is 1. The van der Waals surface area contributed by atoms with Gasteiger partial charge in [-0.15, -0.1) is 0 Å². The number of nitrogens with one attached hydrogen (secondary N) is 1. The maximum absolute atomic E-state index is 12.7. The Kier molecular flexibility index (Phi) is 3.96. The van der Waals surface area contributed by atoms with Crippen molar-refractivity contribution in [3.63, 3.8) is 0 Å². The topological polar surface area (TPSA) is 85.6 Å². The second-order valence-corrected chi connectivity index (χ2v) is 6.76. The van der Waals surface area contributed by atoms with Crippen LogP contribution in [0, 0.1) is 6.92 Å². The van der Waals surface area contributed by atoms with Gasteiger partial charge in [-0.25, -0.2) is 9.97 Å². The van der Waals surface area contributed by atoms with E-state index in [9.17, 15) is 4.79 Å². The van der Waals surface area contributed by atoms with Crippen molar-refractivity contribution in [2.75, 3.05) is 5.32 Å². The van der Waals surface area contributed by atoms with Gasteiger partial charge in [-0.1, -0.05) is 0 Å². The zero-order valence-corrected chi connectivity index (χ0v) is 14.7. The van der Waals surface area contributed by atoms with Crippen molar-refractivity contribution < 1.29 is 4.79 Å². The van der Waals surface area contributed by atoms with E-state index >= 15 is 0 Å². The predicted octanol–water partition coefficient (Wildman–Crippen LogP) is 2.58. The molecule has 1 aliphatic heterocycles. The average molecular weight is 352 g/mol. The number of rotatable bonds is 3. The molecule has 1 amide bonds. The maximum atomic E-state index is 12.7. The highest BCUT2D eigenvalue weighted by atomic mass is 32.2. The molecule has 4 rings (SSSR count). The summed E-state index contributed by atoms with van der Waals surface area (Å²) in [6, 6.07) is 3.72. The number of thioether (sulfide) groups is 1. The molecule has 0 saturated carbocycles. The lowest BCUT2D eigenvalue weighted by Crippen LogP contribution is -2.18. The summed E-state index contributed by atoms with van der Waals surface area (Å²) in [5.41, 5.74) is 4.04. The fourth-order valence-electron chi connectivity index (χ4n) is 2.80. The zero-order valence-electron chi connectivity index (χ0n) is 13.9. The van der Waals surface area contributed by atoms with E-state index in [1.54, 1.807) is 42.0 Å². The minimum atomic E-state index is -0.224. The van der Waals surface area contributed by atoms with Crippen LogP contribution < -0.4 is 5.32 Å². The highest BCUT2D eigenvalue weighted by molar-refractivity contribution is 7.98. The lowest BCUT2D eigenvalue weighted by molar-refractivity contribution is 0.102. The smallest absolute Gasteiger partial charge is 0.260 e. The third kappa shape index (κ3) is 2.89. The van der Waals surface area contributed by atoms with Gasteiger partial charge in [0.15, 0.2) is 5.82 Å². The average Bonchev–Trinajstić information content (AvgIpc) is 3.18. The van der Waals surface area contributed by atoms with E-state index in [2.05, 4.69) is 25.4 Å². The van der Waals surface area contributed by atoms with E-state index < -0.39 is 0 Å². The van der Waals surface area contributed by atoms with Crippen LogP contribution in [0.1, 0.15) is 27.3 Å². The van der Waals surface area contributed by atoms with Crippen LogP contribution in [-0.4, -0.2) is 30.6 Å². The first-order valence-electron chi connectivity index (χ1n) is 7.81. The third-order valence-electron chi connectivity index (χ3n) is 4.09. The predicted molar refractivity (Wildman–Crippen MR) is 96.2 cm³/mol. The number of aryl methyl sites for hydroxylation is 2. The SMILES string of the molecule is Cc1nc(-c2cccnc2)ncc1C(=O)Nc1c2c(nn1C)CSC2. The Morgan fingerprint density at radius 3 is 2.96 bits per heavy atom. The highest BCUT2D eigenvalue weighted by Crippen LogP contribution is 2.34. The van der Waals surface area contributed by atoms with Gasteiger partial charge >= 0.3 is 0 Å². The van der Waals surface area contributed by atoms with Gasteiger partial charge < -0.3 is 5.32 Å². The molecule has 1 aliphatic rings. The third-order valence-corrected chi connectivity index (χ3v) is 5.06. The fraction of sp³-hybridized carbons (Fsp3) is 0.235. The van der Waals surface area contributed by atoms with Crippen molar-refractivity contribution in [2.24, 2.45) is 7.05 Å². The number of nitrogens with zero attached hydrogens (tertiary/aromatic N) is 5. The molecule has 0 unspecified atom stereocenters. The van der Waals surface area contributed by atoms with Gasteiger partial charge in [0.2, 0.25) is 0 Å². The first kappa shape index (κ1) is 15.8. The zero-order chi connectivity index (χ0) is 17.4. The Balaban J connectivity index is 1.61. The molecule has 0 spiro atoms. The van der Waals surface area contributed by atoms with Crippen molar-refractivity contribution in [3.8, 4) is 11.4 Å². The molecule has 3 aromatic heterocycles. The van der Waals surface area contributed by atoms with E-state index in [1.165, 1.54) is 0 Å². The molecule has 126 valence electrons. The van der Waals surface area contributed by atoms with E-state index in [-0.39, 0.29) is 5.91 Å². The molecule has 0 saturated heterocycles. The second-order valence-electron chi connectivity index (χ2n) is 5.78. The summed E-state index contributed by atoms with van der Waals surface area (Å²) in [7, 11) is 1.84. The van der Waals surface area contributed by atoms with Crippen molar-refractivity contribution in [2.45, 2.75) is 18.4 Å². The fourth-order valence-corrected chi connectivity index (χ4v) is 3.83. The van der Waals surface area contributed by atoms with Crippen LogP contribution in [0.3, 0.4) is 0 Å². The molecule has 0 aliphatic carbocycles. The Morgan fingerprint density at radius 2 is 2.20 bits per heavy atom. The lowest BCUT2D eigenvalue weighted by atomic mass is 10.2. The molecule has 1 N–H and O–H groups in total. The molecular formula is C17H16N6OS. The van der Waals surface area contributed by atoms with Crippen LogP contribution in [0.4, 0.5) is 5.82 Å². The van der Waals surface area contributed by atoms with E-state index in [1.807, 2.05) is 19.2 Å². The van der Waals surface area contributed by atoms with Crippen molar-refractivity contribution in [1.29, 1.82) is 0 Å². The van der Waals surface area contributed by atoms with Gasteiger partial charge in [0.05, 0.1) is 17.0 Å². The first-order valence-corrected chi connectivity index (χ1v) is 8.97. The molecule has 4 heterocycles. The standard InChI is InChI=1S/C17H16N6OS/c1-10-12(7-19-15(20-10)11-4-3-5-18-6-11)17(24)21-16-13-8-25-9-14(13)22-23(16)2/h3-7H,8-9H2,1-2H3,(H,21,24). The normalized spacial score (nSPS) is 12.9. The number of pyridine rings is 1. The number of hydrogen-bond donors (Lipinski definition) is 1. The summed E-state index contributed by atoms with van der Waals surface area (Å²) in [6.45, 7) is 1.81. The van der Waals surface area contributed by atoms with Gasteiger partial charge in [-0.3, -0.25) is 14.5 Å². The lowest BCUT2D eigenvalue weighted by Gasteiger charge is -2.10. The molecule has 25 heavy (non-hydrogen) atoms. The van der Waals surface area contributed by atoms with Gasteiger partial charge in [0.25, 0.3) is 5.91 Å². The monoisotopic (exact) mass is 352 g/mol. The molecule has 7 nitrogen and oxygen atoms in total. The van der Waals surface area contributed by atoms with E-state index in [0.29, 0.717) is 17.1 Å². The Morgan fingerprint density at radius 1 is 1.32 bits per heavy atom. The van der Waals surface area contributed by atoms with Crippen LogP contribution in [0.25, 0.3) is 11.4 Å². The van der Waals surface area contributed by atoms with Gasteiger partial charge in [0, 0.05) is 48.3 Å². The van der Waals surface area contributed by atoms with Gasteiger partial charge in [-0.05, 0) is 19.1 Å². The number of carbonyl (C=O) groups is 1. The van der Waals surface area contributed by atoms with E-state index in [0.717, 1.165) is 34.1 Å². The Hall–Kier alpha value is -2.74. The van der Waals surface area contributed by atoms with Gasteiger partial charge in [0.1, 0.15) is 5.82 Å². The van der Waals surface area contributed by atoms with Crippen LogP contribution >= 0.6 is 11.8 Å². The number of aromatic nitrogens is 5. The molecular weight excluding hydrogens is 336 g/mol. The molecule has 0 bridgehead atoms. The van der Waals surface area contributed by atoms with Crippen LogP contribution in [0.5, 0.6) is 0 Å². The van der Waals surface area contributed by atoms with Crippen LogP contribution in [0.15, 0.2) is 30.7 Å². The van der Waals surface area contributed by atoms with E-state index in [4.69, 9.17) is 0 Å². The second kappa shape index (κ2) is 6.29. The number of anilines is 1. The summed E-state index contributed by atoms with van der Waals surface area (Å²) >= 11 is 1.80.